The number of hydrogen-bond acceptors (Lipinski definition) is 5. The summed E-state index contributed by atoms with van der Waals surface area (Å²) >= 11 is 0. The number of aliphatic hydroxyl groups excluding tert-OH is 1. The standard InChI is InChI=1S/C12H21NO5/c1-7-6-8(10(15)17-5)9(14)13(7)11(16)18-12(2,3)4/h7-9,14H,6H2,1-5H3/t7-,8?,9?/m1/s1. The Morgan fingerprint density at radius 1 is 1.33 bits per heavy atom. The number of hydrogen-bond donors (Lipinski definition) is 1. The molecule has 6 heteroatoms. The van der Waals surface area contributed by atoms with Gasteiger partial charge in [-0.05, 0) is 34.1 Å². The van der Waals surface area contributed by atoms with Crippen molar-refractivity contribution in [2.45, 2.75) is 52.0 Å². The van der Waals surface area contributed by atoms with Crippen molar-refractivity contribution >= 4 is 12.1 Å². The Morgan fingerprint density at radius 3 is 2.33 bits per heavy atom. The van der Waals surface area contributed by atoms with Crippen molar-refractivity contribution in [3.8, 4) is 0 Å². The van der Waals surface area contributed by atoms with Crippen LogP contribution in [-0.4, -0.2) is 47.0 Å². The number of methoxy groups -OCH3 is 1. The highest BCUT2D eigenvalue weighted by Crippen LogP contribution is 2.30. The Labute approximate surface area is 107 Å². The smallest absolute Gasteiger partial charge is 0.412 e. The van der Waals surface area contributed by atoms with E-state index in [-0.39, 0.29) is 6.04 Å². The quantitative estimate of drug-likeness (QED) is 0.714. The lowest BCUT2D eigenvalue weighted by molar-refractivity contribution is -0.150. The van der Waals surface area contributed by atoms with E-state index >= 15 is 0 Å². The van der Waals surface area contributed by atoms with Crippen LogP contribution < -0.4 is 0 Å². The SMILES string of the molecule is COC(=O)C1C[C@@H](C)N(C(=O)OC(C)(C)C)C1O. The Kier molecular flexibility index (Phi) is 4.21. The number of carbonyl (C=O) groups is 2. The maximum absolute atomic E-state index is 11.9. The second-order valence-electron chi connectivity index (χ2n) is 5.52. The number of aliphatic hydroxyl groups is 1. The number of likely N-dealkylation sites (tertiary alicyclic amines) is 1. The summed E-state index contributed by atoms with van der Waals surface area (Å²) in [5, 5.41) is 10.0. The maximum atomic E-state index is 11.9. The minimum Gasteiger partial charge on any atom is -0.469 e. The molecular weight excluding hydrogens is 238 g/mol. The zero-order valence-corrected chi connectivity index (χ0v) is 11.5. The molecule has 3 atom stereocenters. The summed E-state index contributed by atoms with van der Waals surface area (Å²) in [5.41, 5.74) is -0.639. The topological polar surface area (TPSA) is 76.1 Å². The lowest BCUT2D eigenvalue weighted by atomic mass is 10.1. The summed E-state index contributed by atoms with van der Waals surface area (Å²) in [6.07, 6.45) is -1.44. The molecule has 0 spiro atoms. The molecule has 104 valence electrons. The Bertz CT molecular complexity index is 336. The molecule has 0 saturated carbocycles. The van der Waals surface area contributed by atoms with E-state index in [0.29, 0.717) is 6.42 Å². The van der Waals surface area contributed by atoms with E-state index in [2.05, 4.69) is 4.74 Å². The van der Waals surface area contributed by atoms with Gasteiger partial charge >= 0.3 is 12.1 Å². The lowest BCUT2D eigenvalue weighted by Gasteiger charge is -2.29. The van der Waals surface area contributed by atoms with Gasteiger partial charge in [0.1, 0.15) is 17.7 Å². The molecule has 1 aliphatic heterocycles. The minimum absolute atomic E-state index is 0.265. The van der Waals surface area contributed by atoms with E-state index in [1.807, 2.05) is 0 Å². The first-order valence-electron chi connectivity index (χ1n) is 5.94. The molecule has 6 nitrogen and oxygen atoms in total. The van der Waals surface area contributed by atoms with Gasteiger partial charge in [0.25, 0.3) is 0 Å². The third kappa shape index (κ3) is 3.13. The highest BCUT2D eigenvalue weighted by Gasteiger charge is 2.46. The summed E-state index contributed by atoms with van der Waals surface area (Å²) in [7, 11) is 1.26. The average Bonchev–Trinajstić information content (AvgIpc) is 2.50. The molecule has 0 radical (unpaired) electrons. The van der Waals surface area contributed by atoms with Crippen LogP contribution >= 0.6 is 0 Å². The van der Waals surface area contributed by atoms with E-state index < -0.39 is 29.8 Å². The molecule has 1 rings (SSSR count). The average molecular weight is 259 g/mol. The Morgan fingerprint density at radius 2 is 1.89 bits per heavy atom. The van der Waals surface area contributed by atoms with Gasteiger partial charge in [-0.2, -0.15) is 0 Å². The molecule has 0 aromatic rings. The first-order chi connectivity index (χ1) is 8.17. The maximum Gasteiger partial charge on any atom is 0.412 e. The zero-order valence-electron chi connectivity index (χ0n) is 11.5. The summed E-state index contributed by atoms with van der Waals surface area (Å²) in [6.45, 7) is 7.00. The van der Waals surface area contributed by atoms with Crippen molar-refractivity contribution in [2.75, 3.05) is 7.11 Å². The molecule has 0 aromatic heterocycles. The van der Waals surface area contributed by atoms with Crippen molar-refractivity contribution in [3.05, 3.63) is 0 Å². The fraction of sp³-hybridized carbons (Fsp3) is 0.833. The van der Waals surface area contributed by atoms with Crippen molar-refractivity contribution in [1.82, 2.24) is 4.90 Å². The van der Waals surface area contributed by atoms with Crippen LogP contribution in [0.25, 0.3) is 0 Å². The third-order valence-electron chi connectivity index (χ3n) is 2.82. The van der Waals surface area contributed by atoms with E-state index in [1.165, 1.54) is 12.0 Å². The molecule has 1 amide bonds. The minimum atomic E-state index is -1.19. The zero-order chi connectivity index (χ0) is 14.1. The molecule has 1 N–H and O–H groups in total. The van der Waals surface area contributed by atoms with Gasteiger partial charge in [-0.3, -0.25) is 9.69 Å². The predicted octanol–water partition coefficient (Wildman–Crippen LogP) is 1.12. The summed E-state index contributed by atoms with van der Waals surface area (Å²) in [6, 6.07) is -0.265. The van der Waals surface area contributed by atoms with Crippen LogP contribution in [0.1, 0.15) is 34.1 Å². The number of nitrogens with zero attached hydrogens (tertiary/aromatic N) is 1. The van der Waals surface area contributed by atoms with Crippen LogP contribution in [-0.2, 0) is 14.3 Å². The Hall–Kier alpha value is -1.30. The molecule has 1 fully saturated rings. The molecule has 18 heavy (non-hydrogen) atoms. The van der Waals surface area contributed by atoms with Crippen LogP contribution in [0.3, 0.4) is 0 Å². The van der Waals surface area contributed by atoms with Gasteiger partial charge in [0, 0.05) is 6.04 Å². The van der Waals surface area contributed by atoms with Crippen molar-refractivity contribution in [1.29, 1.82) is 0 Å². The van der Waals surface area contributed by atoms with E-state index in [1.54, 1.807) is 27.7 Å². The second-order valence-corrected chi connectivity index (χ2v) is 5.52. The summed E-state index contributed by atoms with van der Waals surface area (Å²) < 4.78 is 9.80. The van der Waals surface area contributed by atoms with Crippen molar-refractivity contribution in [2.24, 2.45) is 5.92 Å². The van der Waals surface area contributed by atoms with Crippen LogP contribution in [0, 0.1) is 5.92 Å². The normalized spacial score (nSPS) is 28.1. The number of esters is 1. The van der Waals surface area contributed by atoms with Gasteiger partial charge in [0.15, 0.2) is 0 Å². The molecule has 2 unspecified atom stereocenters. The number of rotatable bonds is 1. The molecule has 1 heterocycles. The molecular formula is C12H21NO5. The van der Waals surface area contributed by atoms with Crippen LogP contribution in [0.5, 0.6) is 0 Å². The fourth-order valence-electron chi connectivity index (χ4n) is 2.03. The summed E-state index contributed by atoms with van der Waals surface area (Å²) in [4.78, 5) is 24.6. The predicted molar refractivity (Wildman–Crippen MR) is 63.7 cm³/mol. The molecule has 0 aliphatic carbocycles. The van der Waals surface area contributed by atoms with Gasteiger partial charge in [-0.15, -0.1) is 0 Å². The summed E-state index contributed by atoms with van der Waals surface area (Å²) in [5.74, 6) is -1.22. The van der Waals surface area contributed by atoms with E-state index in [4.69, 9.17) is 4.74 Å². The van der Waals surface area contributed by atoms with Gasteiger partial charge in [-0.1, -0.05) is 0 Å². The fourth-order valence-corrected chi connectivity index (χ4v) is 2.03. The highest BCUT2D eigenvalue weighted by molar-refractivity contribution is 5.76. The van der Waals surface area contributed by atoms with Crippen LogP contribution in [0.15, 0.2) is 0 Å². The third-order valence-corrected chi connectivity index (χ3v) is 2.82. The molecule has 0 bridgehead atoms. The first-order valence-corrected chi connectivity index (χ1v) is 5.94. The molecule has 1 saturated heterocycles. The van der Waals surface area contributed by atoms with Gasteiger partial charge in [0.05, 0.1) is 7.11 Å². The van der Waals surface area contributed by atoms with E-state index in [9.17, 15) is 14.7 Å². The van der Waals surface area contributed by atoms with Gasteiger partial charge in [0.2, 0.25) is 0 Å². The van der Waals surface area contributed by atoms with E-state index in [0.717, 1.165) is 0 Å². The van der Waals surface area contributed by atoms with Gasteiger partial charge < -0.3 is 14.6 Å². The number of amides is 1. The van der Waals surface area contributed by atoms with Crippen LogP contribution in [0.4, 0.5) is 4.79 Å². The second kappa shape index (κ2) is 5.14. The highest BCUT2D eigenvalue weighted by atomic mass is 16.6. The molecule has 0 aromatic carbocycles. The lowest BCUT2D eigenvalue weighted by Crippen LogP contribution is -2.45. The van der Waals surface area contributed by atoms with Crippen molar-refractivity contribution in [3.63, 3.8) is 0 Å². The Balaban J connectivity index is 2.78. The monoisotopic (exact) mass is 259 g/mol. The number of carbonyl (C=O) groups excluding carboxylic acids is 2. The largest absolute Gasteiger partial charge is 0.469 e. The molecule has 1 aliphatic rings. The van der Waals surface area contributed by atoms with Crippen LogP contribution in [0.2, 0.25) is 0 Å². The van der Waals surface area contributed by atoms with Gasteiger partial charge in [-0.25, -0.2) is 4.79 Å². The number of ether oxygens (including phenoxy) is 2. The van der Waals surface area contributed by atoms with Crippen molar-refractivity contribution < 1.29 is 24.2 Å². The first kappa shape index (κ1) is 14.8.